The van der Waals surface area contributed by atoms with Crippen molar-refractivity contribution in [2.45, 2.75) is 52.1 Å². The van der Waals surface area contributed by atoms with Crippen LogP contribution in [0.5, 0.6) is 5.75 Å². The molecule has 0 N–H and O–H groups in total. The van der Waals surface area contributed by atoms with Gasteiger partial charge >= 0.3 is 0 Å². The summed E-state index contributed by atoms with van der Waals surface area (Å²) >= 11 is 0. The van der Waals surface area contributed by atoms with Gasteiger partial charge in [-0.1, -0.05) is 48.5 Å². The minimum absolute atomic E-state index is 0.206. The zero-order chi connectivity index (χ0) is 17.4. The SMILES string of the molecule is CC(C)(C)Oc1ccc2c(c1-c1cccc3ccccc13)CCCC2. The number of aryl methyl sites for hydroxylation is 1. The average molecular weight is 330 g/mol. The van der Waals surface area contributed by atoms with Crippen LogP contribution in [-0.2, 0) is 12.8 Å². The van der Waals surface area contributed by atoms with E-state index in [2.05, 4.69) is 75.4 Å². The summed E-state index contributed by atoms with van der Waals surface area (Å²) < 4.78 is 6.40. The average Bonchev–Trinajstić information content (AvgIpc) is 2.60. The maximum absolute atomic E-state index is 6.40. The normalized spacial score (nSPS) is 14.4. The van der Waals surface area contributed by atoms with Gasteiger partial charge in [0.25, 0.3) is 0 Å². The van der Waals surface area contributed by atoms with E-state index in [0.29, 0.717) is 0 Å². The maximum Gasteiger partial charge on any atom is 0.128 e. The first-order valence-electron chi connectivity index (χ1n) is 9.35. The van der Waals surface area contributed by atoms with Gasteiger partial charge in [0.2, 0.25) is 0 Å². The number of fused-ring (bicyclic) bond motifs is 2. The van der Waals surface area contributed by atoms with E-state index in [1.165, 1.54) is 52.3 Å². The van der Waals surface area contributed by atoms with Crippen LogP contribution in [0.15, 0.2) is 54.6 Å². The predicted molar refractivity (Wildman–Crippen MR) is 106 cm³/mol. The van der Waals surface area contributed by atoms with Gasteiger partial charge in [-0.25, -0.2) is 0 Å². The molecule has 0 heterocycles. The largest absolute Gasteiger partial charge is 0.487 e. The van der Waals surface area contributed by atoms with E-state index in [1.807, 2.05) is 0 Å². The van der Waals surface area contributed by atoms with Crippen LogP contribution in [0.4, 0.5) is 0 Å². The van der Waals surface area contributed by atoms with Crippen molar-refractivity contribution in [1.82, 2.24) is 0 Å². The third-order valence-electron chi connectivity index (χ3n) is 4.97. The van der Waals surface area contributed by atoms with E-state index in [-0.39, 0.29) is 5.60 Å². The summed E-state index contributed by atoms with van der Waals surface area (Å²) in [6, 6.07) is 19.7. The molecule has 0 aliphatic heterocycles. The van der Waals surface area contributed by atoms with Crippen molar-refractivity contribution in [1.29, 1.82) is 0 Å². The molecule has 0 amide bonds. The molecule has 0 saturated heterocycles. The van der Waals surface area contributed by atoms with E-state index < -0.39 is 0 Å². The van der Waals surface area contributed by atoms with Gasteiger partial charge in [-0.3, -0.25) is 0 Å². The molecule has 3 aromatic carbocycles. The highest BCUT2D eigenvalue weighted by Crippen LogP contribution is 2.42. The Bertz CT molecular complexity index is 910. The van der Waals surface area contributed by atoms with Gasteiger partial charge in [-0.2, -0.15) is 0 Å². The van der Waals surface area contributed by atoms with E-state index in [0.717, 1.165) is 12.2 Å². The first kappa shape index (κ1) is 16.2. The van der Waals surface area contributed by atoms with Gasteiger partial charge in [0, 0.05) is 5.56 Å². The van der Waals surface area contributed by atoms with E-state index in [4.69, 9.17) is 4.74 Å². The first-order chi connectivity index (χ1) is 12.0. The highest BCUT2D eigenvalue weighted by atomic mass is 16.5. The quantitative estimate of drug-likeness (QED) is 0.517. The Morgan fingerprint density at radius 3 is 2.40 bits per heavy atom. The van der Waals surface area contributed by atoms with Crippen molar-refractivity contribution in [2.75, 3.05) is 0 Å². The number of rotatable bonds is 2. The maximum atomic E-state index is 6.40. The third-order valence-corrected chi connectivity index (χ3v) is 4.97. The molecule has 1 heteroatoms. The highest BCUT2D eigenvalue weighted by molar-refractivity contribution is 5.99. The van der Waals surface area contributed by atoms with Gasteiger partial charge < -0.3 is 4.74 Å². The van der Waals surface area contributed by atoms with Crippen molar-refractivity contribution >= 4 is 10.8 Å². The van der Waals surface area contributed by atoms with Crippen molar-refractivity contribution in [3.63, 3.8) is 0 Å². The lowest BCUT2D eigenvalue weighted by atomic mass is 9.84. The Hall–Kier alpha value is -2.28. The molecule has 0 radical (unpaired) electrons. The molecule has 1 nitrogen and oxygen atoms in total. The van der Waals surface area contributed by atoms with Crippen LogP contribution in [0, 0.1) is 0 Å². The Morgan fingerprint density at radius 2 is 1.56 bits per heavy atom. The van der Waals surface area contributed by atoms with Crippen LogP contribution >= 0.6 is 0 Å². The second-order valence-electron chi connectivity index (χ2n) is 8.02. The molecule has 0 unspecified atom stereocenters. The smallest absolute Gasteiger partial charge is 0.128 e. The summed E-state index contributed by atoms with van der Waals surface area (Å²) in [5.41, 5.74) is 5.39. The molecule has 0 spiro atoms. The molecule has 0 fully saturated rings. The van der Waals surface area contributed by atoms with Crippen molar-refractivity contribution < 1.29 is 4.74 Å². The van der Waals surface area contributed by atoms with E-state index in [9.17, 15) is 0 Å². The minimum atomic E-state index is -0.206. The van der Waals surface area contributed by atoms with Gasteiger partial charge in [0.15, 0.2) is 0 Å². The van der Waals surface area contributed by atoms with Crippen molar-refractivity contribution in [3.8, 4) is 16.9 Å². The summed E-state index contributed by atoms with van der Waals surface area (Å²) in [7, 11) is 0. The summed E-state index contributed by atoms with van der Waals surface area (Å²) in [6.45, 7) is 6.37. The standard InChI is InChI=1S/C24H26O/c1-24(2,3)25-22-16-15-18-10-5-7-13-20(18)23(22)21-14-8-11-17-9-4-6-12-19(17)21/h4,6,8-9,11-12,14-16H,5,7,10,13H2,1-3H3. The zero-order valence-electron chi connectivity index (χ0n) is 15.4. The lowest BCUT2D eigenvalue weighted by Crippen LogP contribution is -2.23. The fourth-order valence-corrected chi connectivity index (χ4v) is 3.96. The molecule has 0 bridgehead atoms. The van der Waals surface area contributed by atoms with Crippen LogP contribution in [0.2, 0.25) is 0 Å². The Balaban J connectivity index is 2.01. The molecule has 0 saturated carbocycles. The molecular weight excluding hydrogens is 304 g/mol. The van der Waals surface area contributed by atoms with Crippen molar-refractivity contribution in [2.24, 2.45) is 0 Å². The lowest BCUT2D eigenvalue weighted by Gasteiger charge is -2.28. The molecule has 4 rings (SSSR count). The number of hydrogen-bond acceptors (Lipinski definition) is 1. The Morgan fingerprint density at radius 1 is 0.800 bits per heavy atom. The fraction of sp³-hybridized carbons (Fsp3) is 0.333. The molecule has 1 aliphatic rings. The molecule has 3 aromatic rings. The topological polar surface area (TPSA) is 9.23 Å². The molecular formula is C24H26O. The van der Waals surface area contributed by atoms with Crippen LogP contribution in [0.3, 0.4) is 0 Å². The molecule has 25 heavy (non-hydrogen) atoms. The van der Waals surface area contributed by atoms with E-state index >= 15 is 0 Å². The van der Waals surface area contributed by atoms with Crippen LogP contribution in [0.25, 0.3) is 21.9 Å². The van der Waals surface area contributed by atoms with Gasteiger partial charge in [-0.05, 0) is 80.0 Å². The Labute approximate surface area is 150 Å². The minimum Gasteiger partial charge on any atom is -0.487 e. The summed E-state index contributed by atoms with van der Waals surface area (Å²) in [6.07, 6.45) is 4.89. The molecule has 0 atom stereocenters. The number of hydrogen-bond donors (Lipinski definition) is 0. The monoisotopic (exact) mass is 330 g/mol. The molecule has 1 aliphatic carbocycles. The fourth-order valence-electron chi connectivity index (χ4n) is 3.96. The number of benzene rings is 3. The van der Waals surface area contributed by atoms with Gasteiger partial charge in [-0.15, -0.1) is 0 Å². The van der Waals surface area contributed by atoms with Crippen LogP contribution in [0.1, 0.15) is 44.7 Å². The predicted octanol–water partition coefficient (Wildman–Crippen LogP) is 6.56. The van der Waals surface area contributed by atoms with Crippen LogP contribution in [-0.4, -0.2) is 5.60 Å². The second-order valence-corrected chi connectivity index (χ2v) is 8.02. The van der Waals surface area contributed by atoms with E-state index in [1.54, 1.807) is 0 Å². The first-order valence-corrected chi connectivity index (χ1v) is 9.35. The lowest BCUT2D eigenvalue weighted by molar-refractivity contribution is 0.131. The van der Waals surface area contributed by atoms with Crippen molar-refractivity contribution in [3.05, 3.63) is 65.7 Å². The third kappa shape index (κ3) is 3.16. The number of ether oxygens (including phenoxy) is 1. The summed E-state index contributed by atoms with van der Waals surface area (Å²) in [5.74, 6) is 1.02. The van der Waals surface area contributed by atoms with Gasteiger partial charge in [0.05, 0.1) is 0 Å². The van der Waals surface area contributed by atoms with Crippen LogP contribution < -0.4 is 4.74 Å². The summed E-state index contributed by atoms with van der Waals surface area (Å²) in [4.78, 5) is 0. The second kappa shape index (κ2) is 6.22. The Kier molecular flexibility index (Phi) is 4.03. The summed E-state index contributed by atoms with van der Waals surface area (Å²) in [5, 5.41) is 2.60. The molecule has 0 aromatic heterocycles. The zero-order valence-corrected chi connectivity index (χ0v) is 15.4. The molecule has 128 valence electrons. The van der Waals surface area contributed by atoms with Gasteiger partial charge in [0.1, 0.15) is 11.4 Å². The highest BCUT2D eigenvalue weighted by Gasteiger charge is 2.22.